The van der Waals surface area contributed by atoms with Crippen molar-refractivity contribution in [2.24, 2.45) is 11.7 Å². The van der Waals surface area contributed by atoms with Crippen molar-refractivity contribution in [3.8, 4) is 0 Å². The van der Waals surface area contributed by atoms with Crippen molar-refractivity contribution >= 4 is 29.7 Å². The van der Waals surface area contributed by atoms with Gasteiger partial charge in [0.1, 0.15) is 25.4 Å². The molecule has 1 fully saturated rings. The number of benzene rings is 1. The Labute approximate surface area is 222 Å². The van der Waals surface area contributed by atoms with Crippen LogP contribution in [0, 0.1) is 11.3 Å². The first-order valence-electron chi connectivity index (χ1n) is 12.9. The lowest BCUT2D eigenvalue weighted by Gasteiger charge is -2.31. The fourth-order valence-corrected chi connectivity index (χ4v) is 4.26. The van der Waals surface area contributed by atoms with Gasteiger partial charge >= 0.3 is 6.09 Å². The fourth-order valence-electron chi connectivity index (χ4n) is 4.26. The second-order valence-electron chi connectivity index (χ2n) is 9.40. The Bertz CT molecular complexity index is 963. The summed E-state index contributed by atoms with van der Waals surface area (Å²) in [6.45, 7) is 3.14. The molecular formula is C26H39FN6O5. The van der Waals surface area contributed by atoms with Gasteiger partial charge in [0.2, 0.25) is 11.8 Å². The molecule has 38 heavy (non-hydrogen) atoms. The number of guanidine groups is 1. The number of nitrogens with two attached hydrogens (primary N) is 1. The molecule has 0 saturated carbocycles. The number of hydrogen-bond donors (Lipinski definition) is 5. The number of hydrogen-bond acceptors (Lipinski definition) is 6. The molecule has 0 spiro atoms. The van der Waals surface area contributed by atoms with Gasteiger partial charge in [0, 0.05) is 13.1 Å². The van der Waals surface area contributed by atoms with Crippen LogP contribution in [0.3, 0.4) is 0 Å². The van der Waals surface area contributed by atoms with E-state index in [9.17, 15) is 23.6 Å². The van der Waals surface area contributed by atoms with E-state index >= 15 is 0 Å². The average Bonchev–Trinajstić information content (AvgIpc) is 3.41. The predicted molar refractivity (Wildman–Crippen MR) is 140 cm³/mol. The van der Waals surface area contributed by atoms with Gasteiger partial charge in [-0.3, -0.25) is 19.8 Å². The summed E-state index contributed by atoms with van der Waals surface area (Å²) in [5.41, 5.74) is 6.04. The SMILES string of the molecule is CCC(C)[C@H](NC(=O)OCc1ccccc1)C(=O)N1CCC[C@H]1C(=O)N[C@@H](CCCNC(=N)N)C(=O)CF. The number of nitrogens with zero attached hydrogens (tertiary/aromatic N) is 1. The van der Waals surface area contributed by atoms with Gasteiger partial charge in [0.15, 0.2) is 11.7 Å². The largest absolute Gasteiger partial charge is 0.445 e. The summed E-state index contributed by atoms with van der Waals surface area (Å²) in [7, 11) is 0. The number of halogens is 1. The number of carbonyl (C=O) groups is 4. The summed E-state index contributed by atoms with van der Waals surface area (Å²) >= 11 is 0. The number of Topliss-reactive ketones (excluding diaryl/α,β-unsaturated/α-hetero) is 1. The molecule has 2 rings (SSSR count). The van der Waals surface area contributed by atoms with E-state index in [0.29, 0.717) is 32.2 Å². The van der Waals surface area contributed by atoms with E-state index in [-0.39, 0.29) is 31.4 Å². The van der Waals surface area contributed by atoms with Crippen molar-refractivity contribution in [2.45, 2.75) is 70.7 Å². The van der Waals surface area contributed by atoms with Crippen LogP contribution in [0.2, 0.25) is 0 Å². The van der Waals surface area contributed by atoms with Gasteiger partial charge in [-0.25, -0.2) is 9.18 Å². The maximum absolute atomic E-state index is 13.5. The minimum absolute atomic E-state index is 0.0504. The summed E-state index contributed by atoms with van der Waals surface area (Å²) in [5.74, 6) is -2.18. The van der Waals surface area contributed by atoms with E-state index in [0.717, 1.165) is 5.56 Å². The highest BCUT2D eigenvalue weighted by atomic mass is 19.1. The highest BCUT2D eigenvalue weighted by Crippen LogP contribution is 2.22. The van der Waals surface area contributed by atoms with Gasteiger partial charge in [-0.15, -0.1) is 0 Å². The van der Waals surface area contributed by atoms with Gasteiger partial charge in [-0.1, -0.05) is 50.6 Å². The molecule has 11 nitrogen and oxygen atoms in total. The molecular weight excluding hydrogens is 495 g/mol. The molecule has 1 saturated heterocycles. The van der Waals surface area contributed by atoms with Gasteiger partial charge < -0.3 is 31.3 Å². The van der Waals surface area contributed by atoms with Crippen LogP contribution in [-0.2, 0) is 25.7 Å². The number of ether oxygens (including phenoxy) is 1. The van der Waals surface area contributed by atoms with E-state index in [1.807, 2.05) is 44.2 Å². The predicted octanol–water partition coefficient (Wildman–Crippen LogP) is 1.61. The Morgan fingerprint density at radius 3 is 2.55 bits per heavy atom. The van der Waals surface area contributed by atoms with Crippen LogP contribution in [0.1, 0.15) is 51.5 Å². The van der Waals surface area contributed by atoms with Gasteiger partial charge in [-0.05, 0) is 37.2 Å². The van der Waals surface area contributed by atoms with Gasteiger partial charge in [-0.2, -0.15) is 0 Å². The van der Waals surface area contributed by atoms with Crippen LogP contribution in [0.25, 0.3) is 0 Å². The molecule has 210 valence electrons. The molecule has 1 aliphatic heterocycles. The molecule has 4 atom stereocenters. The molecule has 1 heterocycles. The number of rotatable bonds is 14. The second-order valence-corrected chi connectivity index (χ2v) is 9.40. The zero-order valence-electron chi connectivity index (χ0n) is 22.0. The summed E-state index contributed by atoms with van der Waals surface area (Å²) in [5, 5.41) is 15.0. The number of nitrogens with one attached hydrogen (secondary N) is 4. The van der Waals surface area contributed by atoms with Crippen molar-refractivity contribution in [3.05, 3.63) is 35.9 Å². The van der Waals surface area contributed by atoms with Gasteiger partial charge in [0.05, 0.1) is 6.04 Å². The molecule has 12 heteroatoms. The van der Waals surface area contributed by atoms with Crippen LogP contribution in [0.4, 0.5) is 9.18 Å². The average molecular weight is 535 g/mol. The van der Waals surface area contributed by atoms with Crippen molar-refractivity contribution in [1.29, 1.82) is 5.41 Å². The lowest BCUT2D eigenvalue weighted by molar-refractivity contribution is -0.141. The van der Waals surface area contributed by atoms with Crippen molar-refractivity contribution < 1.29 is 28.3 Å². The molecule has 6 N–H and O–H groups in total. The molecule has 1 aromatic rings. The van der Waals surface area contributed by atoms with Crippen LogP contribution in [0.15, 0.2) is 30.3 Å². The molecule has 1 unspecified atom stereocenters. The minimum atomic E-state index is -1.23. The number of alkyl carbamates (subject to hydrolysis) is 1. The highest BCUT2D eigenvalue weighted by molar-refractivity contribution is 5.95. The second kappa shape index (κ2) is 15.5. The quantitative estimate of drug-likeness (QED) is 0.137. The molecule has 0 aromatic heterocycles. The van der Waals surface area contributed by atoms with Crippen LogP contribution in [0.5, 0.6) is 0 Å². The Kier molecular flexibility index (Phi) is 12.5. The van der Waals surface area contributed by atoms with Crippen molar-refractivity contribution in [3.63, 3.8) is 0 Å². The summed E-state index contributed by atoms with van der Waals surface area (Å²) in [6, 6.07) is 6.34. The minimum Gasteiger partial charge on any atom is -0.445 e. The molecule has 3 amide bonds. The molecule has 1 aromatic carbocycles. The third-order valence-electron chi connectivity index (χ3n) is 6.63. The molecule has 0 radical (unpaired) electrons. The van der Waals surface area contributed by atoms with Crippen molar-refractivity contribution in [1.82, 2.24) is 20.9 Å². The van der Waals surface area contributed by atoms with E-state index in [1.165, 1.54) is 4.90 Å². The zero-order valence-corrected chi connectivity index (χ0v) is 22.0. The molecule has 0 bridgehead atoms. The lowest BCUT2D eigenvalue weighted by atomic mass is 9.97. The molecule has 0 aliphatic carbocycles. The third kappa shape index (κ3) is 9.31. The number of alkyl halides is 1. The first-order chi connectivity index (χ1) is 18.2. The van der Waals surface area contributed by atoms with Crippen LogP contribution in [-0.4, -0.2) is 72.4 Å². The highest BCUT2D eigenvalue weighted by Gasteiger charge is 2.40. The first-order valence-corrected chi connectivity index (χ1v) is 12.9. The topological polar surface area (TPSA) is 167 Å². The normalized spacial score (nSPS) is 17.1. The van der Waals surface area contributed by atoms with Gasteiger partial charge in [0.25, 0.3) is 0 Å². The summed E-state index contributed by atoms with van der Waals surface area (Å²) in [4.78, 5) is 52.7. The van der Waals surface area contributed by atoms with Crippen LogP contribution < -0.4 is 21.7 Å². The standard InChI is InChI=1S/C26H39FN6O5/c1-3-17(2)22(32-26(37)38-16-18-9-5-4-6-10-18)24(36)33-14-8-12-20(33)23(35)31-19(21(34)15-27)11-7-13-30-25(28)29/h4-6,9-10,17,19-20,22H,3,7-8,11-16H2,1-2H3,(H,31,35)(H,32,37)(H4,28,29,30)/t17?,19-,20-,22-/m0/s1. The molecule has 1 aliphatic rings. The summed E-state index contributed by atoms with van der Waals surface area (Å²) < 4.78 is 18.4. The maximum Gasteiger partial charge on any atom is 0.408 e. The Hall–Kier alpha value is -3.70. The summed E-state index contributed by atoms with van der Waals surface area (Å²) in [6.07, 6.45) is 1.34. The monoisotopic (exact) mass is 534 g/mol. The van der Waals surface area contributed by atoms with E-state index in [4.69, 9.17) is 15.9 Å². The fraction of sp³-hybridized carbons (Fsp3) is 0.577. The number of amides is 3. The maximum atomic E-state index is 13.5. The Balaban J connectivity index is 2.04. The number of carbonyl (C=O) groups excluding carboxylic acids is 4. The van der Waals surface area contributed by atoms with E-state index in [2.05, 4.69) is 16.0 Å². The lowest BCUT2D eigenvalue weighted by Crippen LogP contribution is -2.57. The van der Waals surface area contributed by atoms with Crippen molar-refractivity contribution in [2.75, 3.05) is 19.8 Å². The zero-order chi connectivity index (χ0) is 28.1. The van der Waals surface area contributed by atoms with E-state index < -0.39 is 48.5 Å². The third-order valence-corrected chi connectivity index (χ3v) is 6.63. The Morgan fingerprint density at radius 1 is 1.21 bits per heavy atom. The van der Waals surface area contributed by atoms with E-state index in [1.54, 1.807) is 0 Å². The smallest absolute Gasteiger partial charge is 0.408 e. The van der Waals surface area contributed by atoms with Crippen LogP contribution >= 0.6 is 0 Å². The number of likely N-dealkylation sites (tertiary alicyclic amines) is 1. The number of ketones is 1. The Morgan fingerprint density at radius 2 is 1.92 bits per heavy atom. The first kappa shape index (κ1) is 30.5.